The fraction of sp³-hybridized carbons (Fsp3) is 0.409. The second-order valence-corrected chi connectivity index (χ2v) is 7.47. The number of aryl methyl sites for hydroxylation is 3. The number of hydrogen-bond donors (Lipinski definition) is 1. The summed E-state index contributed by atoms with van der Waals surface area (Å²) in [5, 5.41) is 4.06. The number of nitrogens with one attached hydrogen (secondary N) is 1. The van der Waals surface area contributed by atoms with Crippen LogP contribution in [0.25, 0.3) is 11.0 Å². The van der Waals surface area contributed by atoms with Crippen LogP contribution in [0.3, 0.4) is 0 Å². The standard InChI is InChI=1S/C22H26N2O3/c1-14-6-8-17-16(3)21(27-20(17)12-14)22(25)23-13-18(24-10-4-5-11-24)19-9-7-15(2)26-19/h6-9,12,18H,4-5,10-11,13H2,1-3H3,(H,23,25). The van der Waals surface area contributed by atoms with Gasteiger partial charge in [0.15, 0.2) is 5.76 Å². The lowest BCUT2D eigenvalue weighted by Crippen LogP contribution is -2.36. The Bertz CT molecular complexity index is 963. The lowest BCUT2D eigenvalue weighted by Gasteiger charge is -2.25. The second-order valence-electron chi connectivity index (χ2n) is 7.47. The van der Waals surface area contributed by atoms with Crippen molar-refractivity contribution in [1.29, 1.82) is 0 Å². The molecule has 142 valence electrons. The van der Waals surface area contributed by atoms with Gasteiger partial charge >= 0.3 is 0 Å². The molecular weight excluding hydrogens is 340 g/mol. The van der Waals surface area contributed by atoms with Crippen molar-refractivity contribution in [2.75, 3.05) is 19.6 Å². The van der Waals surface area contributed by atoms with Crippen LogP contribution in [-0.4, -0.2) is 30.4 Å². The highest BCUT2D eigenvalue weighted by Crippen LogP contribution is 2.28. The van der Waals surface area contributed by atoms with E-state index in [4.69, 9.17) is 8.83 Å². The van der Waals surface area contributed by atoms with Crippen molar-refractivity contribution in [3.8, 4) is 0 Å². The van der Waals surface area contributed by atoms with Crippen molar-refractivity contribution in [3.05, 3.63) is 58.7 Å². The van der Waals surface area contributed by atoms with Crippen LogP contribution in [0.2, 0.25) is 0 Å². The van der Waals surface area contributed by atoms with Gasteiger partial charge < -0.3 is 14.2 Å². The molecular formula is C22H26N2O3. The molecule has 0 radical (unpaired) electrons. The molecule has 5 heteroatoms. The predicted molar refractivity (Wildman–Crippen MR) is 105 cm³/mol. The van der Waals surface area contributed by atoms with Crippen LogP contribution in [0, 0.1) is 20.8 Å². The average Bonchev–Trinajstić information content (AvgIpc) is 3.37. The molecule has 1 amide bonds. The molecule has 3 heterocycles. The molecule has 0 saturated carbocycles. The molecule has 1 aliphatic heterocycles. The van der Waals surface area contributed by atoms with Crippen LogP contribution in [-0.2, 0) is 0 Å². The Labute approximate surface area is 159 Å². The molecule has 1 N–H and O–H groups in total. The smallest absolute Gasteiger partial charge is 0.287 e. The Kier molecular flexibility index (Phi) is 4.79. The zero-order chi connectivity index (χ0) is 19.0. The molecule has 5 nitrogen and oxygen atoms in total. The first-order valence-electron chi connectivity index (χ1n) is 9.61. The zero-order valence-corrected chi connectivity index (χ0v) is 16.2. The van der Waals surface area contributed by atoms with E-state index in [1.54, 1.807) is 0 Å². The van der Waals surface area contributed by atoms with Crippen molar-refractivity contribution in [2.45, 2.75) is 39.7 Å². The number of amides is 1. The number of furan rings is 2. The maximum Gasteiger partial charge on any atom is 0.287 e. The molecule has 4 rings (SSSR count). The molecule has 1 atom stereocenters. The molecule has 1 aromatic carbocycles. The van der Waals surface area contributed by atoms with E-state index in [1.165, 1.54) is 12.8 Å². The van der Waals surface area contributed by atoms with E-state index in [-0.39, 0.29) is 11.9 Å². The van der Waals surface area contributed by atoms with Gasteiger partial charge in [-0.3, -0.25) is 9.69 Å². The SMILES string of the molecule is Cc1ccc2c(C)c(C(=O)NCC(c3ccc(C)o3)N3CCCC3)oc2c1. The summed E-state index contributed by atoms with van der Waals surface area (Å²) in [5.41, 5.74) is 2.76. The molecule has 1 saturated heterocycles. The van der Waals surface area contributed by atoms with Gasteiger partial charge in [-0.1, -0.05) is 12.1 Å². The molecule has 1 aliphatic rings. The minimum absolute atomic E-state index is 0.0529. The Balaban J connectivity index is 1.53. The molecule has 1 fully saturated rings. The van der Waals surface area contributed by atoms with E-state index in [1.807, 2.05) is 51.1 Å². The van der Waals surface area contributed by atoms with Crippen LogP contribution in [0.1, 0.15) is 52.1 Å². The number of hydrogen-bond acceptors (Lipinski definition) is 4. The Morgan fingerprint density at radius 1 is 1.11 bits per heavy atom. The third kappa shape index (κ3) is 3.52. The van der Waals surface area contributed by atoms with Crippen LogP contribution in [0.15, 0.2) is 39.2 Å². The molecule has 1 unspecified atom stereocenters. The number of carbonyl (C=O) groups excluding carboxylic acids is 1. The highest BCUT2D eigenvalue weighted by molar-refractivity contribution is 5.99. The highest BCUT2D eigenvalue weighted by Gasteiger charge is 2.27. The lowest BCUT2D eigenvalue weighted by atomic mass is 10.1. The Morgan fingerprint density at radius 2 is 1.89 bits per heavy atom. The molecule has 27 heavy (non-hydrogen) atoms. The van der Waals surface area contributed by atoms with E-state index in [2.05, 4.69) is 10.2 Å². The number of likely N-dealkylation sites (tertiary alicyclic amines) is 1. The van der Waals surface area contributed by atoms with E-state index < -0.39 is 0 Å². The van der Waals surface area contributed by atoms with Gasteiger partial charge in [0.2, 0.25) is 0 Å². The van der Waals surface area contributed by atoms with Crippen molar-refractivity contribution >= 4 is 16.9 Å². The van der Waals surface area contributed by atoms with E-state index in [9.17, 15) is 4.79 Å². The van der Waals surface area contributed by atoms with Crippen molar-refractivity contribution < 1.29 is 13.6 Å². The third-order valence-corrected chi connectivity index (χ3v) is 5.43. The average molecular weight is 366 g/mol. The predicted octanol–water partition coefficient (Wildman–Crippen LogP) is 4.52. The first-order valence-corrected chi connectivity index (χ1v) is 9.61. The molecule has 0 bridgehead atoms. The quantitative estimate of drug-likeness (QED) is 0.721. The van der Waals surface area contributed by atoms with Gasteiger partial charge in [0.25, 0.3) is 5.91 Å². The fourth-order valence-electron chi connectivity index (χ4n) is 3.91. The zero-order valence-electron chi connectivity index (χ0n) is 16.2. The minimum Gasteiger partial charge on any atom is -0.465 e. The molecule has 0 spiro atoms. The Hall–Kier alpha value is -2.53. The highest BCUT2D eigenvalue weighted by atomic mass is 16.3. The third-order valence-electron chi connectivity index (χ3n) is 5.43. The van der Waals surface area contributed by atoms with Crippen molar-refractivity contribution in [1.82, 2.24) is 10.2 Å². The van der Waals surface area contributed by atoms with Gasteiger partial charge in [-0.2, -0.15) is 0 Å². The summed E-state index contributed by atoms with van der Waals surface area (Å²) in [4.78, 5) is 15.2. The fourth-order valence-corrected chi connectivity index (χ4v) is 3.91. The number of rotatable bonds is 5. The monoisotopic (exact) mass is 366 g/mol. The largest absolute Gasteiger partial charge is 0.465 e. The van der Waals surface area contributed by atoms with Gasteiger partial charge in [0, 0.05) is 17.5 Å². The number of benzene rings is 1. The van der Waals surface area contributed by atoms with E-state index in [0.717, 1.165) is 46.7 Å². The number of carbonyl (C=O) groups is 1. The van der Waals surface area contributed by atoms with Crippen LogP contribution >= 0.6 is 0 Å². The topological polar surface area (TPSA) is 58.6 Å². The summed E-state index contributed by atoms with van der Waals surface area (Å²) >= 11 is 0. The van der Waals surface area contributed by atoms with Gasteiger partial charge in [-0.25, -0.2) is 0 Å². The van der Waals surface area contributed by atoms with Crippen molar-refractivity contribution in [2.24, 2.45) is 0 Å². The minimum atomic E-state index is -0.172. The van der Waals surface area contributed by atoms with Gasteiger partial charge in [0.1, 0.15) is 17.1 Å². The maximum absolute atomic E-state index is 12.8. The van der Waals surface area contributed by atoms with Gasteiger partial charge in [-0.05, 0) is 70.5 Å². The summed E-state index contributed by atoms with van der Waals surface area (Å²) in [5.74, 6) is 2.02. The summed E-state index contributed by atoms with van der Waals surface area (Å²) in [6, 6.07) is 10.1. The molecule has 3 aromatic rings. The van der Waals surface area contributed by atoms with E-state index >= 15 is 0 Å². The Morgan fingerprint density at radius 3 is 2.59 bits per heavy atom. The number of nitrogens with zero attached hydrogens (tertiary/aromatic N) is 1. The van der Waals surface area contributed by atoms with Crippen LogP contribution < -0.4 is 5.32 Å². The number of fused-ring (bicyclic) bond motifs is 1. The lowest BCUT2D eigenvalue weighted by molar-refractivity contribution is 0.0907. The molecule has 0 aliphatic carbocycles. The van der Waals surface area contributed by atoms with Crippen molar-refractivity contribution in [3.63, 3.8) is 0 Å². The summed E-state index contributed by atoms with van der Waals surface area (Å²) < 4.78 is 11.7. The second kappa shape index (κ2) is 7.24. The summed E-state index contributed by atoms with van der Waals surface area (Å²) in [7, 11) is 0. The summed E-state index contributed by atoms with van der Waals surface area (Å²) in [6.07, 6.45) is 2.37. The first-order chi connectivity index (χ1) is 13.0. The maximum atomic E-state index is 12.8. The first kappa shape index (κ1) is 17.9. The van der Waals surface area contributed by atoms with Crippen LogP contribution in [0.4, 0.5) is 0 Å². The molecule has 2 aromatic heterocycles. The van der Waals surface area contributed by atoms with Gasteiger partial charge in [-0.15, -0.1) is 0 Å². The normalized spacial score (nSPS) is 16.1. The summed E-state index contributed by atoms with van der Waals surface area (Å²) in [6.45, 7) is 8.46. The van der Waals surface area contributed by atoms with Gasteiger partial charge in [0.05, 0.1) is 6.04 Å². The van der Waals surface area contributed by atoms with Crippen LogP contribution in [0.5, 0.6) is 0 Å². The van der Waals surface area contributed by atoms with E-state index in [0.29, 0.717) is 12.3 Å².